The van der Waals surface area contributed by atoms with Crippen molar-refractivity contribution >= 4 is 0 Å². The van der Waals surface area contributed by atoms with E-state index in [4.69, 9.17) is 0 Å². The number of hydrogen-bond donors (Lipinski definition) is 0. The average molecular weight is 280 g/mol. The molecule has 0 spiro atoms. The lowest BCUT2D eigenvalue weighted by atomic mass is 10.1. The molecule has 1 aromatic heterocycles. The van der Waals surface area contributed by atoms with Crippen molar-refractivity contribution in [3.05, 3.63) is 71.3 Å². The quantitative estimate of drug-likeness (QED) is 0.670. The molecule has 0 amide bonds. The molecular formula is C18H17FN2. The van der Waals surface area contributed by atoms with Gasteiger partial charge in [0.1, 0.15) is 11.6 Å². The summed E-state index contributed by atoms with van der Waals surface area (Å²) in [6.07, 6.45) is 3.73. The third-order valence-electron chi connectivity index (χ3n) is 3.75. The molecule has 106 valence electrons. The van der Waals surface area contributed by atoms with E-state index >= 15 is 0 Å². The molecule has 2 nitrogen and oxygen atoms in total. The Morgan fingerprint density at radius 3 is 2.33 bits per heavy atom. The van der Waals surface area contributed by atoms with Crippen LogP contribution in [0.3, 0.4) is 0 Å². The van der Waals surface area contributed by atoms with Crippen LogP contribution in [0.25, 0.3) is 17.1 Å². The van der Waals surface area contributed by atoms with Crippen LogP contribution in [-0.2, 0) is 0 Å². The van der Waals surface area contributed by atoms with E-state index in [-0.39, 0.29) is 5.82 Å². The van der Waals surface area contributed by atoms with Gasteiger partial charge in [-0.25, -0.2) is 9.37 Å². The van der Waals surface area contributed by atoms with E-state index in [9.17, 15) is 4.39 Å². The van der Waals surface area contributed by atoms with E-state index < -0.39 is 0 Å². The van der Waals surface area contributed by atoms with Crippen LogP contribution in [0.15, 0.2) is 48.8 Å². The zero-order chi connectivity index (χ0) is 15.0. The second-order valence-electron chi connectivity index (χ2n) is 5.32. The fraction of sp³-hybridized carbons (Fsp3) is 0.167. The Bertz CT molecular complexity index is 782. The molecular weight excluding hydrogens is 263 g/mol. The van der Waals surface area contributed by atoms with Gasteiger partial charge in [0.05, 0.1) is 5.69 Å². The molecule has 2 aromatic carbocycles. The summed E-state index contributed by atoms with van der Waals surface area (Å²) in [5.41, 5.74) is 5.34. The van der Waals surface area contributed by atoms with Gasteiger partial charge in [0.15, 0.2) is 0 Å². The predicted octanol–water partition coefficient (Wildman–Crippen LogP) is 4.60. The van der Waals surface area contributed by atoms with Gasteiger partial charge in [-0.15, -0.1) is 0 Å². The van der Waals surface area contributed by atoms with Gasteiger partial charge in [-0.05, 0) is 55.7 Å². The summed E-state index contributed by atoms with van der Waals surface area (Å²) in [4.78, 5) is 4.48. The summed E-state index contributed by atoms with van der Waals surface area (Å²) in [5.74, 6) is 0.617. The van der Waals surface area contributed by atoms with Gasteiger partial charge in [0.25, 0.3) is 0 Å². The van der Waals surface area contributed by atoms with Crippen LogP contribution in [-0.4, -0.2) is 9.55 Å². The van der Waals surface area contributed by atoms with Crippen molar-refractivity contribution < 1.29 is 4.39 Å². The molecule has 0 aliphatic carbocycles. The van der Waals surface area contributed by atoms with Crippen molar-refractivity contribution in [1.82, 2.24) is 9.55 Å². The summed E-state index contributed by atoms with van der Waals surface area (Å²) in [5, 5.41) is 0. The largest absolute Gasteiger partial charge is 0.299 e. The fourth-order valence-corrected chi connectivity index (χ4v) is 2.75. The van der Waals surface area contributed by atoms with Gasteiger partial charge in [-0.3, -0.25) is 4.57 Å². The predicted molar refractivity (Wildman–Crippen MR) is 83.2 cm³/mol. The van der Waals surface area contributed by atoms with E-state index in [1.807, 2.05) is 19.2 Å². The van der Waals surface area contributed by atoms with Gasteiger partial charge in [0, 0.05) is 18.0 Å². The van der Waals surface area contributed by atoms with Crippen LogP contribution in [0, 0.1) is 26.6 Å². The number of rotatable bonds is 2. The maximum absolute atomic E-state index is 13.3. The summed E-state index contributed by atoms with van der Waals surface area (Å²) < 4.78 is 15.4. The summed E-state index contributed by atoms with van der Waals surface area (Å²) in [6.45, 7) is 6.08. The van der Waals surface area contributed by atoms with Crippen LogP contribution in [0.4, 0.5) is 4.39 Å². The highest BCUT2D eigenvalue weighted by atomic mass is 19.1. The van der Waals surface area contributed by atoms with E-state index in [1.54, 1.807) is 18.3 Å². The van der Waals surface area contributed by atoms with E-state index in [0.717, 1.165) is 22.6 Å². The number of imidazole rings is 1. The third kappa shape index (κ3) is 2.35. The summed E-state index contributed by atoms with van der Waals surface area (Å²) >= 11 is 0. The molecule has 0 atom stereocenters. The molecule has 0 unspecified atom stereocenters. The molecule has 0 aliphatic rings. The topological polar surface area (TPSA) is 17.8 Å². The van der Waals surface area contributed by atoms with E-state index in [1.165, 1.54) is 17.2 Å². The Hall–Kier alpha value is -2.42. The minimum atomic E-state index is -0.221. The van der Waals surface area contributed by atoms with Crippen molar-refractivity contribution in [2.75, 3.05) is 0 Å². The Kier molecular flexibility index (Phi) is 3.34. The lowest BCUT2D eigenvalue weighted by molar-refractivity contribution is 0.627. The zero-order valence-corrected chi connectivity index (χ0v) is 12.4. The van der Waals surface area contributed by atoms with Crippen molar-refractivity contribution in [2.24, 2.45) is 0 Å². The number of nitrogens with zero attached hydrogens (tertiary/aromatic N) is 2. The molecule has 3 rings (SSSR count). The van der Waals surface area contributed by atoms with E-state index in [0.29, 0.717) is 0 Å². The van der Waals surface area contributed by atoms with Crippen LogP contribution in [0.1, 0.15) is 16.7 Å². The smallest absolute Gasteiger partial charge is 0.144 e. The molecule has 21 heavy (non-hydrogen) atoms. The highest BCUT2D eigenvalue weighted by Crippen LogP contribution is 2.28. The first-order chi connectivity index (χ1) is 10.1. The number of aromatic nitrogens is 2. The Labute approximate surface area is 123 Å². The first kappa shape index (κ1) is 13.6. The fourth-order valence-electron chi connectivity index (χ4n) is 2.75. The lowest BCUT2D eigenvalue weighted by Gasteiger charge is -2.15. The third-order valence-corrected chi connectivity index (χ3v) is 3.75. The molecule has 1 heterocycles. The second-order valence-corrected chi connectivity index (χ2v) is 5.32. The van der Waals surface area contributed by atoms with Crippen LogP contribution >= 0.6 is 0 Å². The molecule has 0 radical (unpaired) electrons. The van der Waals surface area contributed by atoms with Gasteiger partial charge in [0.2, 0.25) is 0 Å². The molecule has 0 saturated carbocycles. The minimum Gasteiger partial charge on any atom is -0.299 e. The number of aryl methyl sites for hydroxylation is 3. The molecule has 3 aromatic rings. The van der Waals surface area contributed by atoms with Crippen LogP contribution in [0.2, 0.25) is 0 Å². The summed E-state index contributed by atoms with van der Waals surface area (Å²) in [6, 6.07) is 11.0. The minimum absolute atomic E-state index is 0.221. The van der Waals surface area contributed by atoms with Gasteiger partial charge in [-0.1, -0.05) is 18.2 Å². The van der Waals surface area contributed by atoms with Crippen molar-refractivity contribution in [3.8, 4) is 17.1 Å². The van der Waals surface area contributed by atoms with Gasteiger partial charge < -0.3 is 0 Å². The normalized spacial score (nSPS) is 10.9. The molecule has 0 fully saturated rings. The number of para-hydroxylation sites is 1. The Balaban J connectivity index is 2.22. The van der Waals surface area contributed by atoms with Crippen molar-refractivity contribution in [2.45, 2.75) is 20.8 Å². The molecule has 0 bridgehead atoms. The first-order valence-corrected chi connectivity index (χ1v) is 6.94. The monoisotopic (exact) mass is 280 g/mol. The Morgan fingerprint density at radius 2 is 1.67 bits per heavy atom. The Morgan fingerprint density at radius 1 is 0.952 bits per heavy atom. The molecule has 0 N–H and O–H groups in total. The van der Waals surface area contributed by atoms with Gasteiger partial charge in [-0.2, -0.15) is 0 Å². The maximum Gasteiger partial charge on any atom is 0.144 e. The SMILES string of the molecule is Cc1cc(F)ccc1-c1nccn1-c1c(C)cccc1C. The molecule has 0 aliphatic heterocycles. The van der Waals surface area contributed by atoms with E-state index in [2.05, 4.69) is 35.5 Å². The molecule has 3 heteroatoms. The van der Waals surface area contributed by atoms with Crippen LogP contribution in [0.5, 0.6) is 0 Å². The first-order valence-electron chi connectivity index (χ1n) is 6.94. The average Bonchev–Trinajstić information content (AvgIpc) is 2.87. The zero-order valence-electron chi connectivity index (χ0n) is 12.4. The summed E-state index contributed by atoms with van der Waals surface area (Å²) in [7, 11) is 0. The lowest BCUT2D eigenvalue weighted by Crippen LogP contribution is -2.02. The maximum atomic E-state index is 13.3. The van der Waals surface area contributed by atoms with Crippen LogP contribution < -0.4 is 0 Å². The standard InChI is InChI=1S/C18H17FN2/c1-12-5-4-6-13(2)17(12)21-10-9-20-18(21)16-8-7-15(19)11-14(16)3/h4-11H,1-3H3. The highest BCUT2D eigenvalue weighted by Gasteiger charge is 2.13. The number of halogens is 1. The van der Waals surface area contributed by atoms with Gasteiger partial charge >= 0.3 is 0 Å². The van der Waals surface area contributed by atoms with Crippen molar-refractivity contribution in [3.63, 3.8) is 0 Å². The number of benzene rings is 2. The number of hydrogen-bond acceptors (Lipinski definition) is 1. The second kappa shape index (κ2) is 5.17. The highest BCUT2D eigenvalue weighted by molar-refractivity contribution is 5.64. The van der Waals surface area contributed by atoms with Crippen molar-refractivity contribution in [1.29, 1.82) is 0 Å². The molecule has 0 saturated heterocycles.